The molecule has 0 amide bonds. The van der Waals surface area contributed by atoms with E-state index in [4.69, 9.17) is 5.73 Å². The zero-order chi connectivity index (χ0) is 6.85. The van der Waals surface area contributed by atoms with E-state index in [9.17, 15) is 0 Å². The van der Waals surface area contributed by atoms with E-state index in [2.05, 4.69) is 9.97 Å². The molecule has 0 atom stereocenters. The number of aromatic nitrogens is 2. The Hall–Kier alpha value is -0.990. The molecule has 0 aliphatic carbocycles. The average Bonchev–Trinajstić information content (AvgIpc) is 2.10. The number of rotatable bonds is 1. The monoisotopic (exact) mass is 125 g/mol. The second kappa shape index (κ2) is 2.09. The van der Waals surface area contributed by atoms with Crippen LogP contribution >= 0.6 is 0 Å². The van der Waals surface area contributed by atoms with Gasteiger partial charge in [0.15, 0.2) is 0 Å². The third-order valence-corrected chi connectivity index (χ3v) is 1.28. The van der Waals surface area contributed by atoms with Crippen LogP contribution in [-0.4, -0.2) is 9.97 Å². The fourth-order valence-electron chi connectivity index (χ4n) is 0.828. The molecule has 3 heteroatoms. The van der Waals surface area contributed by atoms with Crippen molar-refractivity contribution in [3.8, 4) is 0 Å². The summed E-state index contributed by atoms with van der Waals surface area (Å²) in [7, 11) is 0. The smallest absolute Gasteiger partial charge is 0.144 e. The molecular weight excluding hydrogens is 114 g/mol. The highest BCUT2D eigenvalue weighted by atomic mass is 15.0. The lowest BCUT2D eigenvalue weighted by Gasteiger charge is -1.87. The highest BCUT2D eigenvalue weighted by Crippen LogP contribution is 2.06. The SMILES string of the molecule is CCc1[nH]c(C)nc1N. The van der Waals surface area contributed by atoms with E-state index in [1.165, 1.54) is 0 Å². The predicted molar refractivity (Wildman–Crippen MR) is 37.1 cm³/mol. The number of nitrogens with zero attached hydrogens (tertiary/aromatic N) is 1. The maximum atomic E-state index is 5.51. The molecule has 1 aromatic heterocycles. The molecule has 0 radical (unpaired) electrons. The average molecular weight is 125 g/mol. The summed E-state index contributed by atoms with van der Waals surface area (Å²) in [6, 6.07) is 0. The number of hydrogen-bond donors (Lipinski definition) is 2. The van der Waals surface area contributed by atoms with Gasteiger partial charge in [-0.1, -0.05) is 6.92 Å². The first-order valence-electron chi connectivity index (χ1n) is 3.05. The van der Waals surface area contributed by atoms with E-state index in [1.54, 1.807) is 0 Å². The standard InChI is InChI=1S/C6H11N3/c1-3-5-6(7)9-4(2)8-5/h3,7H2,1-2H3,(H,8,9). The zero-order valence-corrected chi connectivity index (χ0v) is 5.73. The first-order valence-corrected chi connectivity index (χ1v) is 3.05. The Labute approximate surface area is 54.3 Å². The number of nitrogens with two attached hydrogens (primary N) is 1. The largest absolute Gasteiger partial charge is 0.382 e. The molecule has 0 spiro atoms. The van der Waals surface area contributed by atoms with Crippen molar-refractivity contribution in [3.05, 3.63) is 11.5 Å². The Morgan fingerprint density at radius 2 is 2.33 bits per heavy atom. The van der Waals surface area contributed by atoms with E-state index >= 15 is 0 Å². The van der Waals surface area contributed by atoms with Crippen LogP contribution in [0.15, 0.2) is 0 Å². The first-order chi connectivity index (χ1) is 4.24. The van der Waals surface area contributed by atoms with Crippen LogP contribution in [0.5, 0.6) is 0 Å². The number of nitrogen functional groups attached to an aromatic ring is 1. The molecule has 1 heterocycles. The quantitative estimate of drug-likeness (QED) is 0.585. The fraction of sp³-hybridized carbons (Fsp3) is 0.500. The minimum absolute atomic E-state index is 0.634. The third-order valence-electron chi connectivity index (χ3n) is 1.28. The van der Waals surface area contributed by atoms with Crippen molar-refractivity contribution in [2.24, 2.45) is 0 Å². The van der Waals surface area contributed by atoms with Crippen molar-refractivity contribution in [1.82, 2.24) is 9.97 Å². The lowest BCUT2D eigenvalue weighted by Crippen LogP contribution is -1.89. The summed E-state index contributed by atoms with van der Waals surface area (Å²) >= 11 is 0. The molecule has 0 bridgehead atoms. The second-order valence-electron chi connectivity index (χ2n) is 2.04. The Kier molecular flexibility index (Phi) is 1.42. The van der Waals surface area contributed by atoms with Crippen molar-refractivity contribution >= 4 is 5.82 Å². The lowest BCUT2D eigenvalue weighted by molar-refractivity contribution is 1.04. The summed E-state index contributed by atoms with van der Waals surface area (Å²) in [6.45, 7) is 3.94. The highest BCUT2D eigenvalue weighted by Gasteiger charge is 1.99. The van der Waals surface area contributed by atoms with Crippen molar-refractivity contribution < 1.29 is 0 Å². The maximum Gasteiger partial charge on any atom is 0.144 e. The minimum Gasteiger partial charge on any atom is -0.382 e. The van der Waals surface area contributed by atoms with Crippen LogP contribution < -0.4 is 5.73 Å². The van der Waals surface area contributed by atoms with Crippen LogP contribution in [0.1, 0.15) is 18.4 Å². The van der Waals surface area contributed by atoms with Crippen molar-refractivity contribution in [2.45, 2.75) is 20.3 Å². The summed E-state index contributed by atoms with van der Waals surface area (Å²) in [5.74, 6) is 1.53. The van der Waals surface area contributed by atoms with Gasteiger partial charge in [-0.25, -0.2) is 4.98 Å². The van der Waals surface area contributed by atoms with Crippen LogP contribution in [0.2, 0.25) is 0 Å². The van der Waals surface area contributed by atoms with Gasteiger partial charge in [-0.05, 0) is 13.3 Å². The Morgan fingerprint density at radius 3 is 2.56 bits per heavy atom. The van der Waals surface area contributed by atoms with Crippen molar-refractivity contribution in [1.29, 1.82) is 0 Å². The molecule has 0 aromatic carbocycles. The number of H-pyrrole nitrogens is 1. The summed E-state index contributed by atoms with van der Waals surface area (Å²) in [5, 5.41) is 0. The van der Waals surface area contributed by atoms with Crippen LogP contribution in [0.4, 0.5) is 5.82 Å². The van der Waals surface area contributed by atoms with Crippen LogP contribution in [0.3, 0.4) is 0 Å². The van der Waals surface area contributed by atoms with Gasteiger partial charge in [0.2, 0.25) is 0 Å². The van der Waals surface area contributed by atoms with Gasteiger partial charge in [0.05, 0.1) is 5.69 Å². The fourth-order valence-corrected chi connectivity index (χ4v) is 0.828. The Bertz CT molecular complexity index is 202. The number of aromatic amines is 1. The molecule has 9 heavy (non-hydrogen) atoms. The zero-order valence-electron chi connectivity index (χ0n) is 5.73. The van der Waals surface area contributed by atoms with Crippen molar-refractivity contribution in [2.75, 3.05) is 5.73 Å². The van der Waals surface area contributed by atoms with Gasteiger partial charge in [0.25, 0.3) is 0 Å². The number of aryl methyl sites for hydroxylation is 2. The number of anilines is 1. The lowest BCUT2D eigenvalue weighted by atomic mass is 10.3. The van der Waals surface area contributed by atoms with E-state index in [-0.39, 0.29) is 0 Å². The van der Waals surface area contributed by atoms with Gasteiger partial charge in [0.1, 0.15) is 11.6 Å². The van der Waals surface area contributed by atoms with E-state index in [1.807, 2.05) is 13.8 Å². The van der Waals surface area contributed by atoms with Gasteiger partial charge in [-0.3, -0.25) is 0 Å². The van der Waals surface area contributed by atoms with Gasteiger partial charge in [-0.2, -0.15) is 0 Å². The van der Waals surface area contributed by atoms with Gasteiger partial charge in [0, 0.05) is 0 Å². The Morgan fingerprint density at radius 1 is 1.67 bits per heavy atom. The number of imidazole rings is 1. The summed E-state index contributed by atoms with van der Waals surface area (Å²) in [6.07, 6.45) is 0.923. The number of hydrogen-bond acceptors (Lipinski definition) is 2. The van der Waals surface area contributed by atoms with Crippen molar-refractivity contribution in [3.63, 3.8) is 0 Å². The normalized spacial score (nSPS) is 10.0. The summed E-state index contributed by atoms with van der Waals surface area (Å²) < 4.78 is 0. The Balaban J connectivity index is 3.01. The topological polar surface area (TPSA) is 54.7 Å². The minimum atomic E-state index is 0.634. The molecule has 0 fully saturated rings. The van der Waals surface area contributed by atoms with E-state index in [0.29, 0.717) is 5.82 Å². The molecule has 0 saturated carbocycles. The molecule has 3 nitrogen and oxygen atoms in total. The van der Waals surface area contributed by atoms with E-state index in [0.717, 1.165) is 17.9 Å². The highest BCUT2D eigenvalue weighted by molar-refractivity contribution is 5.35. The second-order valence-corrected chi connectivity index (χ2v) is 2.04. The van der Waals surface area contributed by atoms with E-state index < -0.39 is 0 Å². The summed E-state index contributed by atoms with van der Waals surface area (Å²) in [5.41, 5.74) is 6.54. The molecule has 0 aliphatic rings. The maximum absolute atomic E-state index is 5.51. The van der Waals surface area contributed by atoms with Crippen LogP contribution in [0, 0.1) is 6.92 Å². The first kappa shape index (κ1) is 6.13. The van der Waals surface area contributed by atoms with Gasteiger partial charge < -0.3 is 10.7 Å². The molecule has 0 aliphatic heterocycles. The molecule has 1 rings (SSSR count). The third kappa shape index (κ3) is 1.04. The molecular formula is C6H11N3. The number of nitrogens with one attached hydrogen (secondary N) is 1. The van der Waals surface area contributed by atoms with Gasteiger partial charge >= 0.3 is 0 Å². The molecule has 3 N–H and O–H groups in total. The van der Waals surface area contributed by atoms with Crippen LogP contribution in [0.25, 0.3) is 0 Å². The molecule has 0 unspecified atom stereocenters. The van der Waals surface area contributed by atoms with Gasteiger partial charge in [-0.15, -0.1) is 0 Å². The summed E-state index contributed by atoms with van der Waals surface area (Å²) in [4.78, 5) is 7.06. The molecule has 50 valence electrons. The molecule has 0 saturated heterocycles. The molecule has 1 aromatic rings. The van der Waals surface area contributed by atoms with Crippen LogP contribution in [-0.2, 0) is 6.42 Å². The predicted octanol–water partition coefficient (Wildman–Crippen LogP) is 0.863.